The Morgan fingerprint density at radius 3 is 1.92 bits per heavy atom. The van der Waals surface area contributed by atoms with E-state index in [1.807, 2.05) is 0 Å². The summed E-state index contributed by atoms with van der Waals surface area (Å²) in [6, 6.07) is 1.85. The fourth-order valence-corrected chi connectivity index (χ4v) is 4.45. The van der Waals surface area contributed by atoms with Crippen LogP contribution in [0, 0.1) is 17.8 Å². The van der Waals surface area contributed by atoms with Gasteiger partial charge in [-0.15, -0.1) is 0 Å². The maximum Gasteiger partial charge on any atom is 0.314 e. The number of nitrogens with two attached hydrogens (primary N) is 5. The molecule has 0 saturated heterocycles. The van der Waals surface area contributed by atoms with E-state index in [0.29, 0.717) is 12.0 Å². The molecule has 0 unspecified atom stereocenters. The summed E-state index contributed by atoms with van der Waals surface area (Å²) in [7, 11) is 0. The van der Waals surface area contributed by atoms with Crippen molar-refractivity contribution in [1.29, 1.82) is 0 Å². The third kappa shape index (κ3) is 3.82. The van der Waals surface area contributed by atoms with Crippen molar-refractivity contribution in [3.05, 3.63) is 6.07 Å². The Balaban J connectivity index is 1.56. The van der Waals surface area contributed by atoms with Crippen LogP contribution < -0.4 is 33.4 Å². The normalized spacial score (nSPS) is 29.3. The predicted molar refractivity (Wildman–Crippen MR) is 105 cm³/mol. The van der Waals surface area contributed by atoms with E-state index in [2.05, 4.69) is 0 Å². The SMILES string of the molecule is Nc1cc(OC(=O)C2CCC(C3CCC(N)CC3)CC2)c(N)c(N)c1N. The number of nitrogen functional groups attached to an aromatic ring is 4. The minimum Gasteiger partial charge on any atom is -0.424 e. The number of anilines is 4. The van der Waals surface area contributed by atoms with Gasteiger partial charge in [0.2, 0.25) is 0 Å². The van der Waals surface area contributed by atoms with Gasteiger partial charge in [-0.3, -0.25) is 4.79 Å². The minimum atomic E-state index is -0.260. The summed E-state index contributed by atoms with van der Waals surface area (Å²) in [4.78, 5) is 12.5. The molecule has 2 aliphatic carbocycles. The average Bonchev–Trinajstić information content (AvgIpc) is 2.65. The molecule has 10 N–H and O–H groups in total. The van der Waals surface area contributed by atoms with E-state index < -0.39 is 0 Å². The number of ether oxygens (including phenoxy) is 1. The monoisotopic (exact) mass is 361 g/mol. The van der Waals surface area contributed by atoms with Crippen LogP contribution in [-0.4, -0.2) is 12.0 Å². The molecule has 0 radical (unpaired) electrons. The van der Waals surface area contributed by atoms with Gasteiger partial charge < -0.3 is 33.4 Å². The first kappa shape index (κ1) is 18.6. The zero-order valence-corrected chi connectivity index (χ0v) is 15.2. The van der Waals surface area contributed by atoms with Gasteiger partial charge in [0.15, 0.2) is 5.75 Å². The number of carbonyl (C=O) groups excluding carboxylic acids is 1. The van der Waals surface area contributed by atoms with Gasteiger partial charge in [-0.1, -0.05) is 0 Å². The van der Waals surface area contributed by atoms with Crippen molar-refractivity contribution in [1.82, 2.24) is 0 Å². The van der Waals surface area contributed by atoms with Gasteiger partial charge in [-0.25, -0.2) is 0 Å². The Morgan fingerprint density at radius 2 is 1.35 bits per heavy atom. The van der Waals surface area contributed by atoms with Gasteiger partial charge in [0.05, 0.1) is 23.0 Å². The molecule has 3 rings (SSSR count). The number of esters is 1. The fraction of sp³-hybridized carbons (Fsp3) is 0.632. The van der Waals surface area contributed by atoms with Crippen LogP contribution in [0.5, 0.6) is 5.75 Å². The minimum absolute atomic E-state index is 0.100. The maximum atomic E-state index is 12.5. The van der Waals surface area contributed by atoms with Gasteiger partial charge in [0, 0.05) is 12.1 Å². The van der Waals surface area contributed by atoms with E-state index in [0.717, 1.165) is 44.4 Å². The predicted octanol–water partition coefficient (Wildman–Crippen LogP) is 2.24. The van der Waals surface area contributed by atoms with Gasteiger partial charge in [0.25, 0.3) is 0 Å². The molecule has 0 bridgehead atoms. The second-order valence-electron chi connectivity index (χ2n) is 7.91. The molecule has 26 heavy (non-hydrogen) atoms. The third-order valence-electron chi connectivity index (χ3n) is 6.24. The van der Waals surface area contributed by atoms with E-state index in [-0.39, 0.29) is 40.4 Å². The molecule has 2 fully saturated rings. The van der Waals surface area contributed by atoms with Crippen molar-refractivity contribution >= 4 is 28.7 Å². The van der Waals surface area contributed by atoms with Crippen LogP contribution in [0.2, 0.25) is 0 Å². The van der Waals surface area contributed by atoms with Crippen LogP contribution in [0.3, 0.4) is 0 Å². The molecule has 7 nitrogen and oxygen atoms in total. The Bertz CT molecular complexity index is 662. The summed E-state index contributed by atoms with van der Waals surface area (Å²) >= 11 is 0. The molecule has 0 heterocycles. The van der Waals surface area contributed by atoms with Crippen LogP contribution in [0.15, 0.2) is 6.07 Å². The highest BCUT2D eigenvalue weighted by atomic mass is 16.5. The lowest BCUT2D eigenvalue weighted by atomic mass is 9.70. The zero-order chi connectivity index (χ0) is 18.8. The number of benzene rings is 1. The molecule has 144 valence electrons. The van der Waals surface area contributed by atoms with Crippen molar-refractivity contribution in [2.75, 3.05) is 22.9 Å². The van der Waals surface area contributed by atoms with Crippen LogP contribution in [0.4, 0.5) is 22.7 Å². The second kappa shape index (κ2) is 7.61. The van der Waals surface area contributed by atoms with E-state index >= 15 is 0 Å². The summed E-state index contributed by atoms with van der Waals surface area (Å²) < 4.78 is 5.50. The Labute approximate surface area is 154 Å². The summed E-state index contributed by atoms with van der Waals surface area (Å²) in [5.41, 5.74) is 30.1. The maximum absolute atomic E-state index is 12.5. The highest BCUT2D eigenvalue weighted by Crippen LogP contribution is 2.41. The molecule has 0 atom stereocenters. The molecule has 0 amide bonds. The molecular formula is C19H31N5O2. The average molecular weight is 361 g/mol. The van der Waals surface area contributed by atoms with Crippen molar-refractivity contribution in [3.8, 4) is 5.75 Å². The molecule has 2 aliphatic rings. The number of hydrogen-bond acceptors (Lipinski definition) is 7. The lowest BCUT2D eigenvalue weighted by Crippen LogP contribution is -2.33. The molecule has 2 saturated carbocycles. The molecule has 0 aromatic heterocycles. The Hall–Kier alpha value is -2.15. The molecule has 1 aromatic carbocycles. The van der Waals surface area contributed by atoms with Crippen molar-refractivity contribution in [2.45, 2.75) is 57.4 Å². The van der Waals surface area contributed by atoms with Crippen molar-refractivity contribution < 1.29 is 9.53 Å². The topological polar surface area (TPSA) is 156 Å². The highest BCUT2D eigenvalue weighted by Gasteiger charge is 2.33. The number of hydrogen-bond donors (Lipinski definition) is 5. The molecule has 7 heteroatoms. The highest BCUT2D eigenvalue weighted by molar-refractivity contribution is 5.91. The standard InChI is InChI=1S/C19H31N5O2/c20-13-7-5-11(6-8-13)10-1-3-12(4-2-10)19(25)26-15-9-14(21)16(22)18(24)17(15)23/h9-13H,1-8,20-24H2. The summed E-state index contributed by atoms with van der Waals surface area (Å²) in [6.07, 6.45) is 8.56. The quantitative estimate of drug-likeness (QED) is 0.314. The van der Waals surface area contributed by atoms with Gasteiger partial charge in [0.1, 0.15) is 5.69 Å². The Kier molecular flexibility index (Phi) is 5.46. The molecule has 0 spiro atoms. The van der Waals surface area contributed by atoms with Crippen LogP contribution >= 0.6 is 0 Å². The lowest BCUT2D eigenvalue weighted by Gasteiger charge is -2.36. The number of rotatable bonds is 3. The first-order valence-corrected chi connectivity index (χ1v) is 9.57. The van der Waals surface area contributed by atoms with E-state index in [1.165, 1.54) is 18.9 Å². The fourth-order valence-electron chi connectivity index (χ4n) is 4.45. The van der Waals surface area contributed by atoms with Crippen LogP contribution in [0.25, 0.3) is 0 Å². The smallest absolute Gasteiger partial charge is 0.314 e. The first-order chi connectivity index (χ1) is 12.4. The summed E-state index contributed by atoms with van der Waals surface area (Å²) in [5.74, 6) is 1.31. The third-order valence-corrected chi connectivity index (χ3v) is 6.24. The lowest BCUT2D eigenvalue weighted by molar-refractivity contribution is -0.140. The number of carbonyl (C=O) groups is 1. The van der Waals surface area contributed by atoms with Gasteiger partial charge >= 0.3 is 5.97 Å². The van der Waals surface area contributed by atoms with Crippen LogP contribution in [-0.2, 0) is 4.79 Å². The molecular weight excluding hydrogens is 330 g/mol. The van der Waals surface area contributed by atoms with Gasteiger partial charge in [-0.05, 0) is 63.2 Å². The van der Waals surface area contributed by atoms with E-state index in [4.69, 9.17) is 33.4 Å². The second-order valence-corrected chi connectivity index (χ2v) is 7.91. The van der Waals surface area contributed by atoms with Crippen molar-refractivity contribution in [2.24, 2.45) is 23.5 Å². The van der Waals surface area contributed by atoms with E-state index in [1.54, 1.807) is 0 Å². The zero-order valence-electron chi connectivity index (χ0n) is 15.2. The molecule has 1 aromatic rings. The summed E-state index contributed by atoms with van der Waals surface area (Å²) in [5, 5.41) is 0. The largest absolute Gasteiger partial charge is 0.424 e. The van der Waals surface area contributed by atoms with Crippen LogP contribution in [0.1, 0.15) is 51.4 Å². The van der Waals surface area contributed by atoms with Gasteiger partial charge in [-0.2, -0.15) is 0 Å². The van der Waals surface area contributed by atoms with E-state index in [9.17, 15) is 4.79 Å². The molecule has 0 aliphatic heterocycles. The summed E-state index contributed by atoms with van der Waals surface area (Å²) in [6.45, 7) is 0. The van der Waals surface area contributed by atoms with Crippen molar-refractivity contribution in [3.63, 3.8) is 0 Å². The first-order valence-electron chi connectivity index (χ1n) is 9.57. The Morgan fingerprint density at radius 1 is 0.808 bits per heavy atom.